The summed E-state index contributed by atoms with van der Waals surface area (Å²) >= 11 is 5.75. The minimum Gasteiger partial charge on any atom is -0.390 e. The molecule has 1 aliphatic rings. The molecule has 0 aliphatic carbocycles. The molecular formula is C12H18ClN3O2. The maximum absolute atomic E-state index is 9.92. The van der Waals surface area contributed by atoms with Crippen LogP contribution in [0.1, 0.15) is 0 Å². The van der Waals surface area contributed by atoms with Crippen LogP contribution in [0.5, 0.6) is 0 Å². The molecule has 1 fully saturated rings. The average Bonchev–Trinajstić information content (AvgIpc) is 2.39. The first-order chi connectivity index (χ1) is 8.74. The first-order valence-corrected chi connectivity index (χ1v) is 6.45. The van der Waals surface area contributed by atoms with E-state index in [4.69, 9.17) is 16.3 Å². The van der Waals surface area contributed by atoms with E-state index in [1.165, 1.54) is 0 Å². The van der Waals surface area contributed by atoms with Gasteiger partial charge in [-0.25, -0.2) is 4.98 Å². The molecule has 2 rings (SSSR count). The number of anilines is 1. The molecule has 0 bridgehead atoms. The number of rotatable bonds is 5. The van der Waals surface area contributed by atoms with E-state index in [1.54, 1.807) is 18.3 Å². The minimum atomic E-state index is -0.416. The highest BCUT2D eigenvalue weighted by Gasteiger charge is 2.14. The molecule has 1 aromatic rings. The Labute approximate surface area is 112 Å². The number of aliphatic hydroxyl groups is 1. The van der Waals surface area contributed by atoms with Crippen LogP contribution in [0, 0.1) is 0 Å². The van der Waals surface area contributed by atoms with Crippen molar-refractivity contribution in [3.05, 3.63) is 23.4 Å². The summed E-state index contributed by atoms with van der Waals surface area (Å²) in [6.45, 7) is 4.40. The molecule has 1 aliphatic heterocycles. The molecule has 2 heterocycles. The van der Waals surface area contributed by atoms with Crippen LogP contribution in [0.15, 0.2) is 18.3 Å². The van der Waals surface area contributed by atoms with E-state index in [2.05, 4.69) is 15.2 Å². The predicted octanol–water partition coefficient (Wildman–Crippen LogP) is 0.840. The summed E-state index contributed by atoms with van der Waals surface area (Å²) in [6, 6.07) is 3.56. The fraction of sp³-hybridized carbons (Fsp3) is 0.583. The molecule has 0 radical (unpaired) electrons. The van der Waals surface area contributed by atoms with E-state index in [-0.39, 0.29) is 0 Å². The van der Waals surface area contributed by atoms with Crippen molar-refractivity contribution in [2.24, 2.45) is 0 Å². The number of β-amino-alcohol motifs (C(OH)–C–C–N with tert-alkyl or cyclic N) is 1. The number of nitrogens with zero attached hydrogens (tertiary/aromatic N) is 2. The average molecular weight is 272 g/mol. The number of nitrogens with one attached hydrogen (secondary N) is 1. The summed E-state index contributed by atoms with van der Waals surface area (Å²) in [5.41, 5.74) is 0. The van der Waals surface area contributed by atoms with E-state index in [0.29, 0.717) is 18.1 Å². The molecule has 0 amide bonds. The van der Waals surface area contributed by atoms with Crippen LogP contribution < -0.4 is 5.32 Å². The summed E-state index contributed by atoms with van der Waals surface area (Å²) in [7, 11) is 0. The maximum atomic E-state index is 9.92. The van der Waals surface area contributed by atoms with Gasteiger partial charge in [-0.2, -0.15) is 0 Å². The van der Waals surface area contributed by atoms with Gasteiger partial charge in [0, 0.05) is 32.4 Å². The zero-order valence-electron chi connectivity index (χ0n) is 10.2. The van der Waals surface area contributed by atoms with Crippen LogP contribution in [0.3, 0.4) is 0 Å². The third-order valence-corrected chi connectivity index (χ3v) is 3.04. The second-order valence-corrected chi connectivity index (χ2v) is 4.75. The molecule has 5 nitrogen and oxygen atoms in total. The van der Waals surface area contributed by atoms with E-state index in [0.717, 1.165) is 32.1 Å². The van der Waals surface area contributed by atoms with Crippen LogP contribution in [0.25, 0.3) is 0 Å². The Morgan fingerprint density at radius 1 is 1.44 bits per heavy atom. The molecule has 6 heteroatoms. The zero-order chi connectivity index (χ0) is 12.8. The summed E-state index contributed by atoms with van der Waals surface area (Å²) in [6.07, 6.45) is 1.17. The van der Waals surface area contributed by atoms with Crippen molar-refractivity contribution in [2.75, 3.05) is 44.7 Å². The van der Waals surface area contributed by atoms with Crippen LogP contribution >= 0.6 is 11.6 Å². The second-order valence-electron chi connectivity index (χ2n) is 4.31. The smallest absolute Gasteiger partial charge is 0.126 e. The predicted molar refractivity (Wildman–Crippen MR) is 71.0 cm³/mol. The maximum Gasteiger partial charge on any atom is 0.126 e. The molecule has 1 aromatic heterocycles. The normalized spacial score (nSPS) is 18.6. The van der Waals surface area contributed by atoms with Crippen LogP contribution in [-0.2, 0) is 4.74 Å². The van der Waals surface area contributed by atoms with E-state index < -0.39 is 6.10 Å². The Balaban J connectivity index is 1.70. The van der Waals surface area contributed by atoms with Crippen molar-refractivity contribution in [1.29, 1.82) is 0 Å². The second kappa shape index (κ2) is 6.89. The Morgan fingerprint density at radius 3 is 2.89 bits per heavy atom. The monoisotopic (exact) mass is 271 g/mol. The van der Waals surface area contributed by atoms with Crippen LogP contribution in [0.4, 0.5) is 5.82 Å². The quantitative estimate of drug-likeness (QED) is 0.831. The van der Waals surface area contributed by atoms with Gasteiger partial charge in [0.15, 0.2) is 0 Å². The van der Waals surface area contributed by atoms with Gasteiger partial charge in [-0.15, -0.1) is 0 Å². The number of hydrogen-bond donors (Lipinski definition) is 2. The van der Waals surface area contributed by atoms with Gasteiger partial charge in [0.05, 0.1) is 24.3 Å². The van der Waals surface area contributed by atoms with Gasteiger partial charge >= 0.3 is 0 Å². The van der Waals surface area contributed by atoms with Gasteiger partial charge in [0.2, 0.25) is 0 Å². The molecular weight excluding hydrogens is 254 g/mol. The standard InChI is InChI=1S/C12H18ClN3O2/c13-10-1-2-12(14-7-10)15-8-11(17)9-16-3-5-18-6-4-16/h1-2,7,11,17H,3-6,8-9H2,(H,14,15)/t11-/m1/s1. The molecule has 2 N–H and O–H groups in total. The van der Waals surface area contributed by atoms with Gasteiger partial charge < -0.3 is 15.2 Å². The molecule has 0 unspecified atom stereocenters. The first-order valence-electron chi connectivity index (χ1n) is 6.07. The molecule has 100 valence electrons. The van der Waals surface area contributed by atoms with Crippen molar-refractivity contribution in [2.45, 2.75) is 6.10 Å². The van der Waals surface area contributed by atoms with Crippen molar-refractivity contribution in [3.8, 4) is 0 Å². The Kier molecular flexibility index (Phi) is 5.19. The largest absolute Gasteiger partial charge is 0.390 e. The lowest BCUT2D eigenvalue weighted by Gasteiger charge is -2.28. The van der Waals surface area contributed by atoms with Crippen molar-refractivity contribution < 1.29 is 9.84 Å². The lowest BCUT2D eigenvalue weighted by atomic mass is 10.3. The van der Waals surface area contributed by atoms with Gasteiger partial charge in [0.1, 0.15) is 5.82 Å². The highest BCUT2D eigenvalue weighted by Crippen LogP contribution is 2.09. The third-order valence-electron chi connectivity index (χ3n) is 2.82. The number of hydrogen-bond acceptors (Lipinski definition) is 5. The van der Waals surface area contributed by atoms with Crippen molar-refractivity contribution in [3.63, 3.8) is 0 Å². The fourth-order valence-corrected chi connectivity index (χ4v) is 1.96. The summed E-state index contributed by atoms with van der Waals surface area (Å²) < 4.78 is 5.26. The highest BCUT2D eigenvalue weighted by atomic mass is 35.5. The number of aliphatic hydroxyl groups excluding tert-OH is 1. The zero-order valence-corrected chi connectivity index (χ0v) is 10.9. The molecule has 0 spiro atoms. The number of aromatic nitrogens is 1. The Bertz CT molecular complexity index is 355. The summed E-state index contributed by atoms with van der Waals surface area (Å²) in [4.78, 5) is 6.31. The van der Waals surface area contributed by atoms with E-state index in [1.807, 2.05) is 0 Å². The number of morpholine rings is 1. The number of halogens is 1. The third kappa shape index (κ3) is 4.42. The fourth-order valence-electron chi connectivity index (χ4n) is 1.85. The molecule has 0 saturated carbocycles. The van der Waals surface area contributed by atoms with Gasteiger partial charge in [-0.1, -0.05) is 11.6 Å². The Hall–Kier alpha value is -0.880. The number of pyridine rings is 1. The molecule has 1 saturated heterocycles. The lowest BCUT2D eigenvalue weighted by molar-refractivity contribution is 0.0171. The molecule has 1 atom stereocenters. The topological polar surface area (TPSA) is 57.6 Å². The SMILES string of the molecule is O[C@H](CNc1ccc(Cl)cn1)CN1CCOCC1. The molecule has 0 aromatic carbocycles. The summed E-state index contributed by atoms with van der Waals surface area (Å²) in [5, 5.41) is 13.6. The van der Waals surface area contributed by atoms with Crippen LogP contribution in [0.2, 0.25) is 5.02 Å². The van der Waals surface area contributed by atoms with Crippen molar-refractivity contribution >= 4 is 17.4 Å². The summed E-state index contributed by atoms with van der Waals surface area (Å²) in [5.74, 6) is 0.723. The molecule has 18 heavy (non-hydrogen) atoms. The van der Waals surface area contributed by atoms with E-state index in [9.17, 15) is 5.11 Å². The van der Waals surface area contributed by atoms with Gasteiger partial charge in [-0.05, 0) is 12.1 Å². The Morgan fingerprint density at radius 2 is 2.22 bits per heavy atom. The minimum absolute atomic E-state index is 0.416. The first kappa shape index (κ1) is 13.5. The number of ether oxygens (including phenoxy) is 1. The van der Waals surface area contributed by atoms with Gasteiger partial charge in [-0.3, -0.25) is 4.90 Å². The van der Waals surface area contributed by atoms with Crippen molar-refractivity contribution in [1.82, 2.24) is 9.88 Å². The van der Waals surface area contributed by atoms with Gasteiger partial charge in [0.25, 0.3) is 0 Å². The highest BCUT2D eigenvalue weighted by molar-refractivity contribution is 6.30. The van der Waals surface area contributed by atoms with E-state index >= 15 is 0 Å². The lowest BCUT2D eigenvalue weighted by Crippen LogP contribution is -2.42. The van der Waals surface area contributed by atoms with Crippen LogP contribution in [-0.4, -0.2) is 60.5 Å².